The molecule has 2 aromatic heterocycles. The quantitative estimate of drug-likeness (QED) is 0.289. The van der Waals surface area contributed by atoms with E-state index >= 15 is 0 Å². The van der Waals surface area contributed by atoms with Crippen LogP contribution in [0.15, 0.2) is 6.33 Å². The molecule has 11 heteroatoms. The van der Waals surface area contributed by atoms with E-state index in [0.717, 1.165) is 6.42 Å². The molecule has 0 radical (unpaired) electrons. The molecule has 29 heavy (non-hydrogen) atoms. The highest BCUT2D eigenvalue weighted by Crippen LogP contribution is 2.32. The number of ether oxygens (including phenoxy) is 1. The normalized spacial score (nSPS) is 23.7. The summed E-state index contributed by atoms with van der Waals surface area (Å²) in [5.74, 6) is 5.50. The van der Waals surface area contributed by atoms with Crippen molar-refractivity contribution < 1.29 is 24.9 Å². The molecule has 1 aliphatic heterocycles. The van der Waals surface area contributed by atoms with Crippen molar-refractivity contribution in [3.63, 3.8) is 0 Å². The number of aliphatic hydroxyl groups excluding tert-OH is 3. The second-order valence-electron chi connectivity index (χ2n) is 6.56. The molecule has 0 aliphatic carbocycles. The van der Waals surface area contributed by atoms with Gasteiger partial charge in [-0.3, -0.25) is 9.36 Å². The smallest absolute Gasteiger partial charge is 0.252 e. The molecule has 156 valence electrons. The average molecular weight is 404 g/mol. The Morgan fingerprint density at radius 3 is 2.86 bits per heavy atom. The Morgan fingerprint density at radius 2 is 2.14 bits per heavy atom. The molecular formula is C18H24N6O5. The predicted octanol–water partition coefficient (Wildman–Crippen LogP) is -1.32. The molecule has 0 saturated carbocycles. The number of nitrogen functional groups attached to an aromatic ring is 1. The van der Waals surface area contributed by atoms with Gasteiger partial charge in [0.25, 0.3) is 5.91 Å². The monoisotopic (exact) mass is 404 g/mol. The largest absolute Gasteiger partial charge is 0.396 e. The van der Waals surface area contributed by atoms with Crippen LogP contribution in [0.2, 0.25) is 0 Å². The van der Waals surface area contributed by atoms with Gasteiger partial charge in [-0.1, -0.05) is 5.92 Å². The van der Waals surface area contributed by atoms with Crippen LogP contribution in [-0.2, 0) is 9.53 Å². The van der Waals surface area contributed by atoms with E-state index in [9.17, 15) is 15.0 Å². The third kappa shape index (κ3) is 4.30. The van der Waals surface area contributed by atoms with Crippen LogP contribution in [0.5, 0.6) is 0 Å². The van der Waals surface area contributed by atoms with Gasteiger partial charge in [0.2, 0.25) is 5.82 Å². The summed E-state index contributed by atoms with van der Waals surface area (Å²) in [5.41, 5.74) is 6.52. The number of hydrogen-bond acceptors (Lipinski definition) is 9. The predicted molar refractivity (Wildman–Crippen MR) is 102 cm³/mol. The van der Waals surface area contributed by atoms with E-state index in [1.165, 1.54) is 10.9 Å². The van der Waals surface area contributed by atoms with Crippen molar-refractivity contribution in [3.05, 3.63) is 12.2 Å². The van der Waals surface area contributed by atoms with E-state index < -0.39 is 30.4 Å². The van der Waals surface area contributed by atoms with Crippen molar-refractivity contribution in [1.29, 1.82) is 0 Å². The van der Waals surface area contributed by atoms with Crippen LogP contribution >= 0.6 is 0 Å². The molecule has 0 unspecified atom stereocenters. The Labute approximate surface area is 166 Å². The van der Waals surface area contributed by atoms with Crippen LogP contribution in [0.3, 0.4) is 0 Å². The minimum atomic E-state index is -1.41. The zero-order valence-electron chi connectivity index (χ0n) is 15.9. The van der Waals surface area contributed by atoms with Gasteiger partial charge in [-0.2, -0.15) is 0 Å². The van der Waals surface area contributed by atoms with Crippen LogP contribution in [0.25, 0.3) is 11.2 Å². The number of carbonyl (C=O) groups excluding carboxylic acids is 1. The van der Waals surface area contributed by atoms with Crippen LogP contribution < -0.4 is 11.1 Å². The van der Waals surface area contributed by atoms with Gasteiger partial charge in [-0.15, -0.1) is 0 Å². The maximum absolute atomic E-state index is 12.1. The Hall–Kier alpha value is -2.78. The number of aromatic nitrogens is 4. The van der Waals surface area contributed by atoms with Gasteiger partial charge in [0.05, 0.1) is 6.33 Å². The maximum atomic E-state index is 12.1. The summed E-state index contributed by atoms with van der Waals surface area (Å²) in [7, 11) is 0. The molecule has 2 aromatic rings. The fraction of sp³-hybridized carbons (Fsp3) is 0.556. The summed E-state index contributed by atoms with van der Waals surface area (Å²) < 4.78 is 7.01. The molecule has 3 heterocycles. The molecule has 0 bridgehead atoms. The van der Waals surface area contributed by atoms with Crippen molar-refractivity contribution >= 4 is 22.9 Å². The number of nitrogens with zero attached hydrogens (tertiary/aromatic N) is 4. The van der Waals surface area contributed by atoms with Crippen molar-refractivity contribution in [2.24, 2.45) is 0 Å². The summed E-state index contributed by atoms with van der Waals surface area (Å²) in [4.78, 5) is 24.7. The highest BCUT2D eigenvalue weighted by molar-refractivity contribution is 5.83. The number of anilines is 1. The van der Waals surface area contributed by atoms with Gasteiger partial charge in [-0.05, 0) is 25.7 Å². The third-order valence-corrected chi connectivity index (χ3v) is 4.48. The highest BCUT2D eigenvalue weighted by atomic mass is 16.6. The number of imidazole rings is 1. The van der Waals surface area contributed by atoms with Gasteiger partial charge >= 0.3 is 0 Å². The number of likely N-dealkylation sites (N-methyl/N-ethyl adjacent to an activating group) is 1. The highest BCUT2D eigenvalue weighted by Gasteiger charge is 2.47. The van der Waals surface area contributed by atoms with E-state index in [1.807, 2.05) is 0 Å². The first-order chi connectivity index (χ1) is 14.0. The van der Waals surface area contributed by atoms with E-state index in [1.54, 1.807) is 6.92 Å². The Balaban J connectivity index is 1.89. The lowest BCUT2D eigenvalue weighted by Gasteiger charge is -2.16. The Bertz CT molecular complexity index is 936. The lowest BCUT2D eigenvalue weighted by atomic mass is 10.1. The molecular weight excluding hydrogens is 380 g/mol. The molecule has 3 rings (SSSR count). The van der Waals surface area contributed by atoms with Crippen LogP contribution in [0.1, 0.15) is 38.2 Å². The van der Waals surface area contributed by atoms with Crippen molar-refractivity contribution in [2.45, 2.75) is 50.7 Å². The Morgan fingerprint density at radius 1 is 1.34 bits per heavy atom. The number of aliphatic hydroxyl groups is 3. The van der Waals surface area contributed by atoms with Gasteiger partial charge in [0.1, 0.15) is 17.7 Å². The van der Waals surface area contributed by atoms with Gasteiger partial charge in [-0.25, -0.2) is 15.0 Å². The van der Waals surface area contributed by atoms with Crippen molar-refractivity contribution in [1.82, 2.24) is 24.8 Å². The van der Waals surface area contributed by atoms with E-state index in [0.29, 0.717) is 24.9 Å². The summed E-state index contributed by atoms with van der Waals surface area (Å²) in [6.07, 6.45) is -1.74. The minimum absolute atomic E-state index is 0.113. The first kappa shape index (κ1) is 20.9. The number of fused-ring (bicyclic) bond motifs is 1. The zero-order valence-corrected chi connectivity index (χ0v) is 15.9. The number of amides is 1. The second-order valence-corrected chi connectivity index (χ2v) is 6.56. The number of hydrogen-bond donors (Lipinski definition) is 5. The lowest BCUT2D eigenvalue weighted by Crippen LogP contribution is -2.42. The fourth-order valence-corrected chi connectivity index (χ4v) is 3.03. The number of carbonyl (C=O) groups is 1. The van der Waals surface area contributed by atoms with E-state index in [2.05, 4.69) is 32.1 Å². The summed E-state index contributed by atoms with van der Waals surface area (Å²) >= 11 is 0. The molecule has 0 spiro atoms. The fourth-order valence-electron chi connectivity index (χ4n) is 3.03. The van der Waals surface area contributed by atoms with Gasteiger partial charge in [0, 0.05) is 19.6 Å². The number of rotatable bonds is 6. The van der Waals surface area contributed by atoms with Crippen LogP contribution in [0, 0.1) is 11.8 Å². The summed E-state index contributed by atoms with van der Waals surface area (Å²) in [6.45, 7) is 2.22. The molecule has 0 aromatic carbocycles. The Kier molecular flexibility index (Phi) is 6.60. The SMILES string of the molecule is CCNC(=O)[C@H]1O[C@@H](n2cnc3c(N)nc(C#CCCCCO)nc32)[C@H](O)[C@@H]1O. The molecule has 1 amide bonds. The molecule has 1 aliphatic rings. The van der Waals surface area contributed by atoms with Crippen molar-refractivity contribution in [3.8, 4) is 11.8 Å². The van der Waals surface area contributed by atoms with E-state index in [-0.39, 0.29) is 23.9 Å². The number of unbranched alkanes of at least 4 members (excludes halogenated alkanes) is 2. The topological polar surface area (TPSA) is 169 Å². The van der Waals surface area contributed by atoms with Crippen LogP contribution in [0.4, 0.5) is 5.82 Å². The average Bonchev–Trinajstić information content (AvgIpc) is 3.24. The van der Waals surface area contributed by atoms with Crippen LogP contribution in [-0.4, -0.2) is 72.2 Å². The maximum Gasteiger partial charge on any atom is 0.252 e. The first-order valence-electron chi connectivity index (χ1n) is 9.37. The molecule has 11 nitrogen and oxygen atoms in total. The number of nitrogens with one attached hydrogen (secondary N) is 1. The molecule has 1 fully saturated rings. The van der Waals surface area contributed by atoms with Crippen molar-refractivity contribution in [2.75, 3.05) is 18.9 Å². The number of nitrogens with two attached hydrogens (primary N) is 1. The summed E-state index contributed by atoms with van der Waals surface area (Å²) in [6, 6.07) is 0. The second kappa shape index (κ2) is 9.15. The standard InChI is InChI=1S/C18H24N6O5/c1-2-20-17(28)14-12(26)13(27)18(29-14)24-9-21-11-15(19)22-10(23-16(11)24)7-5-3-4-6-8-25/h9,12-14,18,25-27H,2-4,6,8H2,1H3,(H,20,28)(H2,19,22,23)/t12-,13+,14-,18+/m0/s1. The van der Waals surface area contributed by atoms with Gasteiger partial charge in [0.15, 0.2) is 23.8 Å². The molecule has 4 atom stereocenters. The van der Waals surface area contributed by atoms with Gasteiger partial charge < -0.3 is 31.1 Å². The molecule has 6 N–H and O–H groups in total. The minimum Gasteiger partial charge on any atom is -0.396 e. The zero-order chi connectivity index (χ0) is 21.0. The van der Waals surface area contributed by atoms with E-state index in [4.69, 9.17) is 15.6 Å². The summed E-state index contributed by atoms with van der Waals surface area (Å²) in [5, 5.41) is 32.0. The molecule has 1 saturated heterocycles. The lowest BCUT2D eigenvalue weighted by molar-refractivity contribution is -0.137. The first-order valence-corrected chi connectivity index (χ1v) is 9.37. The third-order valence-electron chi connectivity index (χ3n) is 4.48.